The average molecular weight is 402 g/mol. The van der Waals surface area contributed by atoms with Gasteiger partial charge in [-0.2, -0.15) is 0 Å². The molecule has 1 aliphatic rings. The first kappa shape index (κ1) is 20.2. The van der Waals surface area contributed by atoms with Crippen molar-refractivity contribution in [3.63, 3.8) is 0 Å². The van der Waals surface area contributed by atoms with Crippen LogP contribution in [0.3, 0.4) is 0 Å². The molecule has 1 aliphatic heterocycles. The topological polar surface area (TPSA) is 38.8 Å². The maximum absolute atomic E-state index is 13.8. The Morgan fingerprint density at radius 1 is 0.900 bits per heavy atom. The number of carbonyl (C=O) groups excluding carboxylic acids is 1. The molecule has 1 heterocycles. The quantitative estimate of drug-likeness (QED) is 0.532. The van der Waals surface area contributed by atoms with Gasteiger partial charge in [0.2, 0.25) is 0 Å². The molecule has 0 bridgehead atoms. The van der Waals surface area contributed by atoms with Gasteiger partial charge in [0, 0.05) is 17.7 Å². The third kappa shape index (κ3) is 3.71. The minimum Gasteiger partial charge on any atom is -0.463 e. The van der Waals surface area contributed by atoms with Crippen molar-refractivity contribution >= 4 is 5.97 Å². The lowest BCUT2D eigenvalue weighted by Crippen LogP contribution is -2.43. The van der Waals surface area contributed by atoms with E-state index in [0.717, 1.165) is 23.2 Å². The van der Waals surface area contributed by atoms with E-state index >= 15 is 0 Å². The summed E-state index contributed by atoms with van der Waals surface area (Å²) >= 11 is 0. The first-order valence-electron chi connectivity index (χ1n) is 10.4. The summed E-state index contributed by atoms with van der Waals surface area (Å²) < 4.78 is 12.1. The minimum atomic E-state index is -0.961. The molecule has 0 saturated carbocycles. The zero-order valence-corrected chi connectivity index (χ0v) is 17.5. The second-order valence-electron chi connectivity index (χ2n) is 7.69. The molecular weight excluding hydrogens is 374 g/mol. The van der Waals surface area contributed by atoms with Gasteiger partial charge < -0.3 is 14.4 Å². The lowest BCUT2D eigenvalue weighted by atomic mass is 9.68. The van der Waals surface area contributed by atoms with Crippen molar-refractivity contribution in [1.82, 2.24) is 4.90 Å². The second kappa shape index (κ2) is 8.72. The van der Waals surface area contributed by atoms with Crippen molar-refractivity contribution in [1.29, 1.82) is 0 Å². The van der Waals surface area contributed by atoms with Crippen molar-refractivity contribution in [2.75, 3.05) is 26.7 Å². The summed E-state index contributed by atoms with van der Waals surface area (Å²) in [6.07, 6.45) is 0.508. The van der Waals surface area contributed by atoms with Gasteiger partial charge in [0.25, 0.3) is 0 Å². The highest BCUT2D eigenvalue weighted by Gasteiger charge is 2.49. The van der Waals surface area contributed by atoms with Gasteiger partial charge in [0.1, 0.15) is 23.5 Å². The van der Waals surface area contributed by atoms with E-state index in [1.54, 1.807) is 0 Å². The molecule has 0 amide bonds. The zero-order chi connectivity index (χ0) is 21.0. The number of hydrogen-bond donors (Lipinski definition) is 0. The van der Waals surface area contributed by atoms with E-state index < -0.39 is 5.41 Å². The van der Waals surface area contributed by atoms with E-state index in [0.29, 0.717) is 31.1 Å². The molecule has 0 fully saturated rings. The number of esters is 1. The Morgan fingerprint density at radius 3 is 2.07 bits per heavy atom. The fourth-order valence-corrected chi connectivity index (χ4v) is 4.04. The van der Waals surface area contributed by atoms with Gasteiger partial charge in [-0.25, -0.2) is 0 Å². The van der Waals surface area contributed by atoms with Crippen LogP contribution in [-0.4, -0.2) is 37.6 Å². The van der Waals surface area contributed by atoms with Crippen LogP contribution < -0.4 is 4.74 Å². The van der Waals surface area contributed by atoms with Gasteiger partial charge in [-0.15, -0.1) is 0 Å². The van der Waals surface area contributed by atoms with Crippen LogP contribution in [-0.2, 0) is 21.4 Å². The molecule has 0 spiro atoms. The molecule has 0 N–H and O–H groups in total. The molecule has 3 aromatic rings. The Kier molecular flexibility index (Phi) is 5.86. The second-order valence-corrected chi connectivity index (χ2v) is 7.69. The largest absolute Gasteiger partial charge is 0.463 e. The summed E-state index contributed by atoms with van der Waals surface area (Å²) in [4.78, 5) is 16.0. The van der Waals surface area contributed by atoms with Crippen LogP contribution in [0.1, 0.15) is 23.6 Å². The van der Waals surface area contributed by atoms with Gasteiger partial charge in [-0.3, -0.25) is 4.79 Å². The SMILES string of the molecule is CCN(C)CCOC(=O)C1(Cc2ccccc2)c2ccccc2Oc2ccccc21. The van der Waals surface area contributed by atoms with Crippen LogP contribution in [0.4, 0.5) is 0 Å². The van der Waals surface area contributed by atoms with Crippen LogP contribution >= 0.6 is 0 Å². The third-order valence-electron chi connectivity index (χ3n) is 5.82. The molecule has 4 nitrogen and oxygen atoms in total. The summed E-state index contributed by atoms with van der Waals surface area (Å²) in [6, 6.07) is 25.7. The first-order valence-corrected chi connectivity index (χ1v) is 10.4. The molecule has 30 heavy (non-hydrogen) atoms. The number of hydrogen-bond acceptors (Lipinski definition) is 4. The molecule has 0 aromatic heterocycles. The minimum absolute atomic E-state index is 0.237. The van der Waals surface area contributed by atoms with E-state index in [1.165, 1.54) is 0 Å². The van der Waals surface area contributed by atoms with E-state index in [1.807, 2.05) is 73.8 Å². The van der Waals surface area contributed by atoms with Crippen molar-refractivity contribution in [2.45, 2.75) is 18.8 Å². The van der Waals surface area contributed by atoms with E-state index in [4.69, 9.17) is 9.47 Å². The van der Waals surface area contributed by atoms with Crippen molar-refractivity contribution in [3.8, 4) is 11.5 Å². The van der Waals surface area contributed by atoms with Crippen molar-refractivity contribution < 1.29 is 14.3 Å². The number of ether oxygens (including phenoxy) is 2. The summed E-state index contributed by atoms with van der Waals surface area (Å²) in [5.74, 6) is 1.17. The van der Waals surface area contributed by atoms with Crippen LogP contribution in [0.5, 0.6) is 11.5 Å². The summed E-state index contributed by atoms with van der Waals surface area (Å²) in [5.41, 5.74) is 1.81. The molecule has 0 unspecified atom stereocenters. The normalized spacial score (nSPS) is 13.8. The molecule has 0 saturated heterocycles. The molecule has 4 rings (SSSR count). The monoisotopic (exact) mass is 401 g/mol. The third-order valence-corrected chi connectivity index (χ3v) is 5.82. The van der Waals surface area contributed by atoms with E-state index in [-0.39, 0.29) is 5.97 Å². The molecule has 4 heteroatoms. The van der Waals surface area contributed by atoms with Gasteiger partial charge >= 0.3 is 5.97 Å². The number of benzene rings is 3. The predicted molar refractivity (Wildman–Crippen MR) is 118 cm³/mol. The van der Waals surface area contributed by atoms with Crippen LogP contribution in [0.2, 0.25) is 0 Å². The van der Waals surface area contributed by atoms with E-state index in [9.17, 15) is 4.79 Å². The molecule has 154 valence electrons. The fraction of sp³-hybridized carbons (Fsp3) is 0.269. The van der Waals surface area contributed by atoms with Gasteiger partial charge in [0.05, 0.1) is 0 Å². The van der Waals surface area contributed by atoms with Crippen molar-refractivity contribution in [3.05, 3.63) is 95.6 Å². The highest BCUT2D eigenvalue weighted by molar-refractivity contribution is 5.91. The molecule has 0 radical (unpaired) electrons. The lowest BCUT2D eigenvalue weighted by molar-refractivity contribution is -0.149. The number of para-hydroxylation sites is 2. The number of rotatable bonds is 7. The standard InChI is InChI=1S/C26H27NO3/c1-3-27(2)17-18-29-25(28)26(19-20-11-5-4-6-12-20)21-13-7-9-15-23(21)30-24-16-10-8-14-22(24)26/h4-16H,3,17-19H2,1-2H3. The van der Waals surface area contributed by atoms with E-state index in [2.05, 4.69) is 24.0 Å². The molecule has 0 aliphatic carbocycles. The maximum Gasteiger partial charge on any atom is 0.321 e. The first-order chi connectivity index (χ1) is 14.6. The Bertz CT molecular complexity index is 970. The molecular formula is C26H27NO3. The average Bonchev–Trinajstić information content (AvgIpc) is 2.79. The van der Waals surface area contributed by atoms with Crippen LogP contribution in [0, 0.1) is 0 Å². The fourth-order valence-electron chi connectivity index (χ4n) is 4.04. The van der Waals surface area contributed by atoms with Gasteiger partial charge in [-0.05, 0) is 37.7 Å². The summed E-state index contributed by atoms with van der Waals surface area (Å²) in [5, 5.41) is 0. The van der Waals surface area contributed by atoms with Gasteiger partial charge in [0.15, 0.2) is 0 Å². The summed E-state index contributed by atoms with van der Waals surface area (Å²) in [7, 11) is 2.02. The number of nitrogens with zero attached hydrogens (tertiary/aromatic N) is 1. The van der Waals surface area contributed by atoms with Crippen molar-refractivity contribution in [2.24, 2.45) is 0 Å². The zero-order valence-electron chi connectivity index (χ0n) is 17.5. The highest BCUT2D eigenvalue weighted by Crippen LogP contribution is 2.50. The van der Waals surface area contributed by atoms with Crippen LogP contribution in [0.25, 0.3) is 0 Å². The Morgan fingerprint density at radius 2 is 1.47 bits per heavy atom. The Hall–Kier alpha value is -3.11. The molecule has 0 atom stereocenters. The predicted octanol–water partition coefficient (Wildman–Crippen LogP) is 4.82. The number of carbonyl (C=O) groups is 1. The smallest absolute Gasteiger partial charge is 0.321 e. The highest BCUT2D eigenvalue weighted by atomic mass is 16.5. The number of likely N-dealkylation sites (N-methyl/N-ethyl adjacent to an activating group) is 1. The Balaban J connectivity index is 1.82. The Labute approximate surface area is 178 Å². The van der Waals surface area contributed by atoms with Gasteiger partial charge in [-0.1, -0.05) is 73.7 Å². The van der Waals surface area contributed by atoms with Crippen LogP contribution in [0.15, 0.2) is 78.9 Å². The molecule has 3 aromatic carbocycles. The lowest BCUT2D eigenvalue weighted by Gasteiger charge is -2.38. The maximum atomic E-state index is 13.8. The summed E-state index contributed by atoms with van der Waals surface area (Å²) in [6.45, 7) is 4.05. The number of fused-ring (bicyclic) bond motifs is 2.